The topological polar surface area (TPSA) is 17.1 Å². The van der Waals surface area contributed by atoms with E-state index in [-0.39, 0.29) is 22.8 Å². The van der Waals surface area contributed by atoms with E-state index < -0.39 is 0 Å². The monoisotopic (exact) mass is 357 g/mol. The number of rotatable bonds is 4. The van der Waals surface area contributed by atoms with Crippen LogP contribution in [-0.4, -0.2) is 37.5 Å². The number of quaternary nitrogens is 1. The Balaban J connectivity index is 0.00000242. The van der Waals surface area contributed by atoms with E-state index in [0.717, 1.165) is 11.1 Å². The van der Waals surface area contributed by atoms with Gasteiger partial charge in [-0.05, 0) is 18.1 Å². The third kappa shape index (κ3) is 5.85. The fourth-order valence-corrected chi connectivity index (χ4v) is 2.04. The molecular weight excluding hydrogens is 338 g/mol. The molecule has 2 nitrogen and oxygen atoms in total. The van der Waals surface area contributed by atoms with Crippen molar-refractivity contribution in [1.29, 1.82) is 0 Å². The molecule has 2 aromatic rings. The van der Waals surface area contributed by atoms with Gasteiger partial charge in [0.25, 0.3) is 0 Å². The molecule has 0 aliphatic heterocycles. The van der Waals surface area contributed by atoms with Crippen LogP contribution in [0.3, 0.4) is 0 Å². The van der Waals surface area contributed by atoms with Crippen molar-refractivity contribution in [2.45, 2.75) is 0 Å². The summed E-state index contributed by atoms with van der Waals surface area (Å²) >= 11 is 0. The molecule has 114 valence electrons. The molecule has 22 heavy (non-hydrogen) atoms. The molecule has 3 heteroatoms. The van der Waals surface area contributed by atoms with Crippen LogP contribution in [0.5, 0.6) is 0 Å². The van der Waals surface area contributed by atoms with Crippen molar-refractivity contribution < 1.29 is 26.3 Å². The molecule has 0 unspecified atom stereocenters. The van der Waals surface area contributed by atoms with Gasteiger partial charge in [0, 0.05) is 11.1 Å². The number of carbonyl (C=O) groups is 1. The lowest BCUT2D eigenvalue weighted by molar-refractivity contribution is -0.874. The Kier molecular flexibility index (Phi) is 7.04. The number of likely N-dealkylation sites (N-methyl/N-ethyl adjacent to an activating group) is 1. The first kappa shape index (κ1) is 18.2. The van der Waals surface area contributed by atoms with Crippen LogP contribution in [0.2, 0.25) is 0 Å². The average Bonchev–Trinajstić information content (AvgIpc) is 2.48. The Morgan fingerprint density at radius 1 is 0.955 bits per heavy atom. The van der Waals surface area contributed by atoms with E-state index in [1.165, 1.54) is 0 Å². The van der Waals surface area contributed by atoms with Crippen LogP contribution in [0, 0.1) is 11.8 Å². The SMILES string of the molecule is C[N+](C)(CC#Cc1ccccc1)CC(=O)c1ccccc1.[Br-]. The van der Waals surface area contributed by atoms with Gasteiger partial charge in [0.15, 0.2) is 0 Å². The van der Waals surface area contributed by atoms with Crippen LogP contribution in [0.1, 0.15) is 15.9 Å². The molecule has 0 fully saturated rings. The second kappa shape index (κ2) is 8.53. The molecule has 0 saturated heterocycles. The lowest BCUT2D eigenvalue weighted by Crippen LogP contribution is -3.00. The highest BCUT2D eigenvalue weighted by Crippen LogP contribution is 2.05. The van der Waals surface area contributed by atoms with Gasteiger partial charge in [-0.15, -0.1) is 0 Å². The first-order valence-electron chi connectivity index (χ1n) is 7.01. The van der Waals surface area contributed by atoms with Crippen molar-refractivity contribution in [3.63, 3.8) is 0 Å². The summed E-state index contributed by atoms with van der Waals surface area (Å²) in [6, 6.07) is 19.3. The molecule has 0 aliphatic carbocycles. The zero-order valence-electron chi connectivity index (χ0n) is 12.9. The van der Waals surface area contributed by atoms with Gasteiger partial charge >= 0.3 is 0 Å². The fourth-order valence-electron chi connectivity index (χ4n) is 2.04. The molecule has 0 aliphatic rings. The van der Waals surface area contributed by atoms with Crippen molar-refractivity contribution in [2.75, 3.05) is 27.2 Å². The highest BCUT2D eigenvalue weighted by molar-refractivity contribution is 5.96. The molecule has 0 atom stereocenters. The van der Waals surface area contributed by atoms with Crippen LogP contribution < -0.4 is 17.0 Å². The van der Waals surface area contributed by atoms with Crippen molar-refractivity contribution >= 4 is 5.78 Å². The van der Waals surface area contributed by atoms with Crippen LogP contribution in [0.25, 0.3) is 0 Å². The molecular formula is C19H20BrNO. The van der Waals surface area contributed by atoms with Gasteiger partial charge in [-0.3, -0.25) is 4.79 Å². The molecule has 2 rings (SSSR count). The molecule has 2 aromatic carbocycles. The summed E-state index contributed by atoms with van der Waals surface area (Å²) in [6.45, 7) is 1.10. The zero-order valence-corrected chi connectivity index (χ0v) is 14.5. The Morgan fingerprint density at radius 3 is 2.09 bits per heavy atom. The average molecular weight is 358 g/mol. The quantitative estimate of drug-likeness (QED) is 0.427. The second-order valence-corrected chi connectivity index (χ2v) is 5.71. The third-order valence-corrected chi connectivity index (χ3v) is 3.18. The third-order valence-electron chi connectivity index (χ3n) is 3.18. The number of benzene rings is 2. The minimum absolute atomic E-state index is 0. The van der Waals surface area contributed by atoms with Crippen LogP contribution in [0.4, 0.5) is 0 Å². The van der Waals surface area contributed by atoms with Crippen molar-refractivity contribution in [3.05, 3.63) is 71.8 Å². The van der Waals surface area contributed by atoms with E-state index in [4.69, 9.17) is 0 Å². The molecule has 0 N–H and O–H groups in total. The van der Waals surface area contributed by atoms with Gasteiger partial charge in [0.05, 0.1) is 14.1 Å². The minimum Gasteiger partial charge on any atom is -1.00 e. The first-order valence-corrected chi connectivity index (χ1v) is 7.01. The highest BCUT2D eigenvalue weighted by atomic mass is 79.9. The second-order valence-electron chi connectivity index (χ2n) is 5.71. The fraction of sp³-hybridized carbons (Fsp3) is 0.211. The summed E-state index contributed by atoms with van der Waals surface area (Å²) in [5.41, 5.74) is 1.77. The van der Waals surface area contributed by atoms with E-state index >= 15 is 0 Å². The number of Topliss-reactive ketones (excluding diaryl/α,β-unsaturated/α-hetero) is 1. The van der Waals surface area contributed by atoms with E-state index in [1.54, 1.807) is 0 Å². The number of halogens is 1. The summed E-state index contributed by atoms with van der Waals surface area (Å²) in [5.74, 6) is 6.46. The summed E-state index contributed by atoms with van der Waals surface area (Å²) in [5, 5.41) is 0. The lowest BCUT2D eigenvalue weighted by Gasteiger charge is -2.26. The van der Waals surface area contributed by atoms with E-state index in [1.807, 2.05) is 74.8 Å². The predicted molar refractivity (Wildman–Crippen MR) is 85.9 cm³/mol. The highest BCUT2D eigenvalue weighted by Gasteiger charge is 2.19. The van der Waals surface area contributed by atoms with Crippen LogP contribution >= 0.6 is 0 Å². The lowest BCUT2D eigenvalue weighted by atomic mass is 10.1. The molecule has 0 aromatic heterocycles. The van der Waals surface area contributed by atoms with Crippen LogP contribution in [-0.2, 0) is 0 Å². The van der Waals surface area contributed by atoms with E-state index in [9.17, 15) is 4.79 Å². The van der Waals surface area contributed by atoms with Crippen LogP contribution in [0.15, 0.2) is 60.7 Å². The molecule has 0 bridgehead atoms. The maximum absolute atomic E-state index is 12.2. The van der Waals surface area contributed by atoms with Gasteiger partial charge in [-0.1, -0.05) is 54.5 Å². The summed E-state index contributed by atoms with van der Waals surface area (Å²) < 4.78 is 0.563. The molecule has 0 amide bonds. The van der Waals surface area contributed by atoms with Gasteiger partial charge in [-0.2, -0.15) is 0 Å². The Bertz CT molecular complexity index is 654. The number of carbonyl (C=O) groups excluding carboxylic acids is 1. The normalized spacial score (nSPS) is 10.1. The molecule has 0 heterocycles. The minimum atomic E-state index is 0. The Labute approximate surface area is 143 Å². The maximum atomic E-state index is 12.2. The number of hydrogen-bond acceptors (Lipinski definition) is 1. The number of nitrogens with zero attached hydrogens (tertiary/aromatic N) is 1. The largest absolute Gasteiger partial charge is 1.00 e. The molecule has 0 spiro atoms. The van der Waals surface area contributed by atoms with Gasteiger partial charge in [-0.25, -0.2) is 0 Å². The van der Waals surface area contributed by atoms with Crippen molar-refractivity contribution in [2.24, 2.45) is 0 Å². The predicted octanol–water partition coefficient (Wildman–Crippen LogP) is 0.00140. The maximum Gasteiger partial charge on any atom is 0.216 e. The zero-order chi connectivity index (χ0) is 15.1. The summed E-state index contributed by atoms with van der Waals surface area (Å²) in [7, 11) is 4.06. The smallest absolute Gasteiger partial charge is 0.216 e. The summed E-state index contributed by atoms with van der Waals surface area (Å²) in [6.07, 6.45) is 0. The number of hydrogen-bond donors (Lipinski definition) is 0. The Hall–Kier alpha value is -1.89. The Morgan fingerprint density at radius 2 is 1.50 bits per heavy atom. The molecule has 0 saturated carbocycles. The number of ketones is 1. The standard InChI is InChI=1S/C19H20NO.BrH/c1-20(2,15-9-12-17-10-5-3-6-11-17)16-19(21)18-13-7-4-8-14-18;/h3-8,10-11,13-14H,15-16H2,1-2H3;1H/q+1;/p-1. The van der Waals surface area contributed by atoms with E-state index in [2.05, 4.69) is 11.8 Å². The van der Waals surface area contributed by atoms with Gasteiger partial charge < -0.3 is 21.5 Å². The first-order chi connectivity index (χ1) is 10.1. The van der Waals surface area contributed by atoms with Gasteiger partial charge in [0.2, 0.25) is 5.78 Å². The van der Waals surface area contributed by atoms with Crippen molar-refractivity contribution in [3.8, 4) is 11.8 Å². The van der Waals surface area contributed by atoms with E-state index in [0.29, 0.717) is 17.6 Å². The molecule has 0 radical (unpaired) electrons. The van der Waals surface area contributed by atoms with Gasteiger partial charge in [0.1, 0.15) is 13.1 Å². The summed E-state index contributed by atoms with van der Waals surface area (Å²) in [4.78, 5) is 12.2. The van der Waals surface area contributed by atoms with Crippen molar-refractivity contribution in [1.82, 2.24) is 0 Å².